The Morgan fingerprint density at radius 1 is 1.12 bits per heavy atom. The fourth-order valence-corrected chi connectivity index (χ4v) is 6.98. The Bertz CT molecular complexity index is 840. The summed E-state index contributed by atoms with van der Waals surface area (Å²) in [5, 5.41) is 3.35. The first kappa shape index (κ1) is 21.7. The predicted octanol–water partition coefficient (Wildman–Crippen LogP) is 2.38. The van der Waals surface area contributed by atoms with Crippen LogP contribution in [0.1, 0.15) is 37.7 Å². The number of methoxy groups -OCH3 is 2. The van der Waals surface area contributed by atoms with Gasteiger partial charge in [0.05, 0.1) is 26.2 Å². The number of esters is 1. The number of hydrogen-bond donors (Lipinski definition) is 1. The number of nitrogens with zero attached hydrogens (tertiary/aromatic N) is 1. The van der Waals surface area contributed by atoms with Crippen LogP contribution in [0.15, 0.2) is 24.3 Å². The van der Waals surface area contributed by atoms with Crippen molar-refractivity contribution in [1.82, 2.24) is 10.2 Å². The first-order chi connectivity index (χ1) is 15.5. The van der Waals surface area contributed by atoms with Crippen LogP contribution in [0.2, 0.25) is 0 Å². The summed E-state index contributed by atoms with van der Waals surface area (Å²) in [4.78, 5) is 28.0. The van der Waals surface area contributed by atoms with Gasteiger partial charge in [-0.2, -0.15) is 0 Å². The zero-order valence-electron chi connectivity index (χ0n) is 19.0. The lowest BCUT2D eigenvalue weighted by atomic mass is 9.48. The van der Waals surface area contributed by atoms with Crippen LogP contribution in [0.5, 0.6) is 5.75 Å². The Morgan fingerprint density at radius 3 is 2.50 bits per heavy atom. The van der Waals surface area contributed by atoms with E-state index in [-0.39, 0.29) is 23.3 Å². The number of benzene rings is 1. The van der Waals surface area contributed by atoms with Gasteiger partial charge in [-0.25, -0.2) is 0 Å². The summed E-state index contributed by atoms with van der Waals surface area (Å²) in [5.74, 6) is 2.11. The Kier molecular flexibility index (Phi) is 5.88. The summed E-state index contributed by atoms with van der Waals surface area (Å²) in [6, 6.07) is 8.21. The SMILES string of the molecule is COC(=O)C12CC3CC(C1)C(NC(=O)C1CN(Cc4ccc(OC)cc4)CCO1)C(C3)C2. The van der Waals surface area contributed by atoms with Crippen molar-refractivity contribution in [3.63, 3.8) is 0 Å². The molecule has 5 aliphatic rings. The minimum atomic E-state index is -0.450. The van der Waals surface area contributed by atoms with E-state index in [4.69, 9.17) is 14.2 Å². The van der Waals surface area contributed by atoms with E-state index in [1.165, 1.54) is 12.7 Å². The normalized spacial score (nSPS) is 36.0. The molecule has 6 rings (SSSR count). The van der Waals surface area contributed by atoms with Gasteiger partial charge in [-0.05, 0) is 67.6 Å². The van der Waals surface area contributed by atoms with Crippen molar-refractivity contribution in [3.8, 4) is 5.75 Å². The minimum absolute atomic E-state index is 0.00553. The van der Waals surface area contributed by atoms with Crippen molar-refractivity contribution < 1.29 is 23.8 Å². The van der Waals surface area contributed by atoms with Crippen molar-refractivity contribution in [2.75, 3.05) is 33.9 Å². The maximum absolute atomic E-state index is 13.2. The number of morpholine rings is 1. The molecule has 0 radical (unpaired) electrons. The molecule has 174 valence electrons. The van der Waals surface area contributed by atoms with Crippen LogP contribution in [-0.4, -0.2) is 62.8 Å². The van der Waals surface area contributed by atoms with Crippen molar-refractivity contribution in [2.24, 2.45) is 23.2 Å². The standard InChI is InChI=1S/C25H34N2O5/c1-30-20-5-3-16(4-6-20)14-27-7-8-32-21(15-27)23(28)26-22-18-9-17-10-19(22)13-25(11-17,12-18)24(29)31-2/h3-6,17-19,21-22H,7-15H2,1-2H3,(H,26,28). The van der Waals surface area contributed by atoms with Gasteiger partial charge in [0.25, 0.3) is 5.91 Å². The van der Waals surface area contributed by atoms with E-state index in [9.17, 15) is 9.59 Å². The number of hydrogen-bond acceptors (Lipinski definition) is 6. The monoisotopic (exact) mass is 442 g/mol. The zero-order valence-corrected chi connectivity index (χ0v) is 19.0. The van der Waals surface area contributed by atoms with E-state index in [2.05, 4.69) is 22.3 Å². The highest BCUT2D eigenvalue weighted by molar-refractivity contribution is 5.82. The third-order valence-electron chi connectivity index (χ3n) is 8.21. The Morgan fingerprint density at radius 2 is 1.84 bits per heavy atom. The third kappa shape index (κ3) is 4.01. The molecule has 1 saturated heterocycles. The van der Waals surface area contributed by atoms with Gasteiger partial charge in [-0.15, -0.1) is 0 Å². The largest absolute Gasteiger partial charge is 0.497 e. The van der Waals surface area contributed by atoms with Crippen LogP contribution in [0.3, 0.4) is 0 Å². The van der Waals surface area contributed by atoms with Crippen LogP contribution >= 0.6 is 0 Å². The molecule has 4 bridgehead atoms. The molecule has 1 amide bonds. The topological polar surface area (TPSA) is 77.1 Å². The summed E-state index contributed by atoms with van der Waals surface area (Å²) in [6.07, 6.45) is 4.40. The van der Waals surface area contributed by atoms with Crippen molar-refractivity contribution in [1.29, 1.82) is 0 Å². The lowest BCUT2D eigenvalue weighted by Crippen LogP contribution is -2.63. The summed E-state index contributed by atoms with van der Waals surface area (Å²) < 4.78 is 16.3. The molecule has 32 heavy (non-hydrogen) atoms. The number of amides is 1. The van der Waals surface area contributed by atoms with Crippen LogP contribution < -0.4 is 10.1 Å². The fourth-order valence-electron chi connectivity index (χ4n) is 6.98. The molecule has 4 saturated carbocycles. The molecule has 1 aromatic rings. The molecule has 3 unspecified atom stereocenters. The maximum atomic E-state index is 13.2. The fraction of sp³-hybridized carbons (Fsp3) is 0.680. The summed E-state index contributed by atoms with van der Waals surface area (Å²) in [7, 11) is 3.16. The average molecular weight is 443 g/mol. The van der Waals surface area contributed by atoms with E-state index >= 15 is 0 Å². The molecule has 4 aliphatic carbocycles. The highest BCUT2D eigenvalue weighted by Gasteiger charge is 2.59. The number of carbonyl (C=O) groups excluding carboxylic acids is 2. The molecular weight excluding hydrogens is 408 g/mol. The Hall–Kier alpha value is -2.12. The van der Waals surface area contributed by atoms with Gasteiger partial charge in [0.2, 0.25) is 0 Å². The average Bonchev–Trinajstić information content (AvgIpc) is 2.81. The van der Waals surface area contributed by atoms with Crippen LogP contribution in [0.4, 0.5) is 0 Å². The molecule has 7 heteroatoms. The zero-order chi connectivity index (χ0) is 22.3. The lowest BCUT2D eigenvalue weighted by Gasteiger charge is -2.58. The molecular formula is C25H34N2O5. The van der Waals surface area contributed by atoms with E-state index in [1.807, 2.05) is 12.1 Å². The van der Waals surface area contributed by atoms with Gasteiger partial charge in [0, 0.05) is 25.7 Å². The molecule has 7 nitrogen and oxygen atoms in total. The molecule has 1 aliphatic heterocycles. The van der Waals surface area contributed by atoms with Crippen LogP contribution in [0, 0.1) is 23.2 Å². The summed E-state index contributed by atoms with van der Waals surface area (Å²) in [6.45, 7) is 2.75. The minimum Gasteiger partial charge on any atom is -0.497 e. The van der Waals surface area contributed by atoms with Gasteiger partial charge in [0.1, 0.15) is 11.9 Å². The number of rotatable bonds is 6. The van der Waals surface area contributed by atoms with Crippen molar-refractivity contribution in [3.05, 3.63) is 29.8 Å². The predicted molar refractivity (Wildman–Crippen MR) is 118 cm³/mol. The smallest absolute Gasteiger partial charge is 0.311 e. The van der Waals surface area contributed by atoms with Crippen molar-refractivity contribution >= 4 is 11.9 Å². The highest BCUT2D eigenvalue weighted by atomic mass is 16.5. The van der Waals surface area contributed by atoms with Gasteiger partial charge >= 0.3 is 5.97 Å². The summed E-state index contributed by atoms with van der Waals surface area (Å²) in [5.41, 5.74) is 0.879. The van der Waals surface area contributed by atoms with Gasteiger partial charge in [-0.1, -0.05) is 12.1 Å². The number of nitrogens with one attached hydrogen (secondary N) is 1. The molecule has 1 N–H and O–H groups in total. The first-order valence-corrected chi connectivity index (χ1v) is 11.9. The van der Waals surface area contributed by atoms with E-state index < -0.39 is 6.10 Å². The number of ether oxygens (including phenoxy) is 3. The van der Waals surface area contributed by atoms with E-state index in [0.29, 0.717) is 30.9 Å². The van der Waals surface area contributed by atoms with Crippen molar-refractivity contribution in [2.45, 2.75) is 50.8 Å². The van der Waals surface area contributed by atoms with Gasteiger partial charge < -0.3 is 19.5 Å². The molecule has 5 fully saturated rings. The Balaban J connectivity index is 1.19. The number of carbonyl (C=O) groups is 2. The van der Waals surface area contributed by atoms with Crippen LogP contribution in [0.25, 0.3) is 0 Å². The second kappa shape index (κ2) is 8.67. The summed E-state index contributed by atoms with van der Waals surface area (Å²) >= 11 is 0. The van der Waals surface area contributed by atoms with E-state index in [0.717, 1.165) is 50.9 Å². The van der Waals surface area contributed by atoms with Gasteiger partial charge in [-0.3, -0.25) is 14.5 Å². The second-order valence-electron chi connectivity index (χ2n) is 10.2. The molecule has 1 aromatic carbocycles. The molecule has 0 spiro atoms. The molecule has 1 heterocycles. The Labute approximate surface area is 189 Å². The molecule has 3 atom stereocenters. The molecule has 0 aromatic heterocycles. The lowest BCUT2D eigenvalue weighted by molar-refractivity contribution is -0.172. The highest BCUT2D eigenvalue weighted by Crippen LogP contribution is 2.60. The van der Waals surface area contributed by atoms with Crippen LogP contribution in [-0.2, 0) is 25.6 Å². The van der Waals surface area contributed by atoms with Gasteiger partial charge in [0.15, 0.2) is 0 Å². The maximum Gasteiger partial charge on any atom is 0.311 e. The second-order valence-corrected chi connectivity index (χ2v) is 10.2. The first-order valence-electron chi connectivity index (χ1n) is 11.9. The van der Waals surface area contributed by atoms with E-state index in [1.54, 1.807) is 7.11 Å². The third-order valence-corrected chi connectivity index (χ3v) is 8.21. The quantitative estimate of drug-likeness (QED) is 0.682.